The Labute approximate surface area is 160 Å². The quantitative estimate of drug-likeness (QED) is 0.711. The molecule has 0 unspecified atom stereocenters. The van der Waals surface area contributed by atoms with E-state index in [9.17, 15) is 13.7 Å². The highest BCUT2D eigenvalue weighted by atomic mass is 32.2. The van der Waals surface area contributed by atoms with Crippen molar-refractivity contribution in [2.75, 3.05) is 11.2 Å². The lowest BCUT2D eigenvalue weighted by atomic mass is 9.94. The molecular formula is C19H24N4O3S. The molecule has 0 aliphatic heterocycles. The van der Waals surface area contributed by atoms with Crippen molar-refractivity contribution in [3.8, 4) is 11.8 Å². The first-order valence-corrected chi connectivity index (χ1v) is 10.7. The van der Waals surface area contributed by atoms with Crippen molar-refractivity contribution in [2.45, 2.75) is 44.8 Å². The number of hydrogen-bond acceptors (Lipinski definition) is 5. The van der Waals surface area contributed by atoms with Gasteiger partial charge in [0, 0.05) is 18.4 Å². The van der Waals surface area contributed by atoms with Gasteiger partial charge in [-0.25, -0.2) is 13.1 Å². The third-order valence-corrected chi connectivity index (χ3v) is 6.20. The number of benzene rings is 1. The minimum atomic E-state index is -3.16. The zero-order chi connectivity index (χ0) is 19.3. The number of nitriles is 1. The van der Waals surface area contributed by atoms with Crippen LogP contribution in [0.2, 0.25) is 0 Å². The van der Waals surface area contributed by atoms with Crippen LogP contribution in [0.3, 0.4) is 0 Å². The molecule has 0 spiro atoms. The maximum atomic E-state index is 11.7. The maximum absolute atomic E-state index is 11.7. The molecule has 1 fully saturated rings. The standard InChI is InChI=1S/C19H24N4O3S/c1-2-27(24,25)22-16-5-8-18(9-6-16)26-21-17-7-10-19(15(13-17)14-20)23-11-3-4-12-23/h3-4,7,10-13,16,18,21-22H,2,5-6,8-9H2,1H3. The summed E-state index contributed by atoms with van der Waals surface area (Å²) >= 11 is 0. The van der Waals surface area contributed by atoms with Crippen LogP contribution in [0.4, 0.5) is 5.69 Å². The summed E-state index contributed by atoms with van der Waals surface area (Å²) in [5, 5.41) is 9.41. The number of rotatable bonds is 7. The lowest BCUT2D eigenvalue weighted by Gasteiger charge is -2.28. The van der Waals surface area contributed by atoms with Crippen molar-refractivity contribution >= 4 is 15.7 Å². The lowest BCUT2D eigenvalue weighted by Crippen LogP contribution is -2.40. The van der Waals surface area contributed by atoms with E-state index in [4.69, 9.17) is 4.84 Å². The van der Waals surface area contributed by atoms with Gasteiger partial charge in [0.15, 0.2) is 0 Å². The van der Waals surface area contributed by atoms with Crippen LogP contribution in [-0.2, 0) is 14.9 Å². The summed E-state index contributed by atoms with van der Waals surface area (Å²) in [6.45, 7) is 1.64. The smallest absolute Gasteiger partial charge is 0.211 e. The minimum absolute atomic E-state index is 0.0131. The number of nitrogens with one attached hydrogen (secondary N) is 2. The van der Waals surface area contributed by atoms with E-state index in [0.29, 0.717) is 5.56 Å². The number of hydrogen-bond donors (Lipinski definition) is 2. The Hall–Kier alpha value is -2.34. The van der Waals surface area contributed by atoms with E-state index in [1.165, 1.54) is 0 Å². The van der Waals surface area contributed by atoms with Gasteiger partial charge in [-0.1, -0.05) is 0 Å². The molecule has 144 valence electrons. The molecule has 27 heavy (non-hydrogen) atoms. The molecule has 1 heterocycles. The Balaban J connectivity index is 1.53. The second kappa shape index (κ2) is 8.57. The Morgan fingerprint density at radius 1 is 1.22 bits per heavy atom. The predicted octanol–water partition coefficient (Wildman–Crippen LogP) is 2.94. The molecule has 3 rings (SSSR count). The fourth-order valence-corrected chi connectivity index (χ4v) is 4.11. The first-order valence-electron chi connectivity index (χ1n) is 9.10. The van der Waals surface area contributed by atoms with Crippen molar-refractivity contribution in [1.29, 1.82) is 5.26 Å². The molecule has 0 amide bonds. The summed E-state index contributed by atoms with van der Waals surface area (Å²) in [6.07, 6.45) is 6.86. The highest BCUT2D eigenvalue weighted by Gasteiger charge is 2.25. The van der Waals surface area contributed by atoms with Gasteiger partial charge in [0.25, 0.3) is 0 Å². The molecule has 1 saturated carbocycles. The van der Waals surface area contributed by atoms with E-state index in [-0.39, 0.29) is 17.9 Å². The zero-order valence-electron chi connectivity index (χ0n) is 15.3. The van der Waals surface area contributed by atoms with Crippen LogP contribution in [0.25, 0.3) is 5.69 Å². The molecule has 1 aliphatic carbocycles. The monoisotopic (exact) mass is 388 g/mol. The Kier molecular flexibility index (Phi) is 6.16. The molecule has 1 aliphatic rings. The normalized spacial score (nSPS) is 20.1. The van der Waals surface area contributed by atoms with Gasteiger partial charge >= 0.3 is 0 Å². The summed E-state index contributed by atoms with van der Waals surface area (Å²) in [7, 11) is -3.16. The highest BCUT2D eigenvalue weighted by molar-refractivity contribution is 7.89. The molecule has 0 saturated heterocycles. The molecule has 8 heteroatoms. The summed E-state index contributed by atoms with van der Waals surface area (Å²) in [5.41, 5.74) is 5.03. The topological polar surface area (TPSA) is 96.2 Å². The van der Waals surface area contributed by atoms with Crippen molar-refractivity contribution in [3.05, 3.63) is 48.3 Å². The fourth-order valence-electron chi connectivity index (χ4n) is 3.20. The average molecular weight is 388 g/mol. The van der Waals surface area contributed by atoms with Gasteiger partial charge in [0.1, 0.15) is 6.07 Å². The molecule has 1 aromatic carbocycles. The van der Waals surface area contributed by atoms with E-state index in [2.05, 4.69) is 16.3 Å². The van der Waals surface area contributed by atoms with E-state index in [1.54, 1.807) is 13.0 Å². The van der Waals surface area contributed by atoms with Gasteiger partial charge in [-0.3, -0.25) is 10.3 Å². The van der Waals surface area contributed by atoms with Gasteiger partial charge in [0.2, 0.25) is 10.0 Å². The van der Waals surface area contributed by atoms with Gasteiger partial charge in [-0.15, -0.1) is 0 Å². The third kappa shape index (κ3) is 5.10. The van der Waals surface area contributed by atoms with Crippen molar-refractivity contribution in [3.63, 3.8) is 0 Å². The number of sulfonamides is 1. The van der Waals surface area contributed by atoms with Crippen molar-refractivity contribution < 1.29 is 13.3 Å². The van der Waals surface area contributed by atoms with E-state index in [0.717, 1.165) is 37.1 Å². The largest absolute Gasteiger partial charge is 0.323 e. The molecule has 0 bridgehead atoms. The number of nitrogens with zero attached hydrogens (tertiary/aromatic N) is 2. The van der Waals surface area contributed by atoms with E-state index >= 15 is 0 Å². The summed E-state index contributed by atoms with van der Waals surface area (Å²) in [5.74, 6) is 0.102. The van der Waals surface area contributed by atoms with Crippen LogP contribution >= 0.6 is 0 Å². The first-order chi connectivity index (χ1) is 13.0. The van der Waals surface area contributed by atoms with Gasteiger partial charge in [0.05, 0.1) is 28.8 Å². The summed E-state index contributed by atoms with van der Waals surface area (Å²) in [6, 6.07) is 11.5. The molecular weight excluding hydrogens is 364 g/mol. The second-order valence-electron chi connectivity index (χ2n) is 6.65. The van der Waals surface area contributed by atoms with Crippen LogP contribution in [-0.4, -0.2) is 30.9 Å². The molecule has 0 radical (unpaired) electrons. The Bertz CT molecular complexity index is 896. The third-order valence-electron chi connectivity index (χ3n) is 4.74. The van der Waals surface area contributed by atoms with Crippen LogP contribution in [0.1, 0.15) is 38.2 Å². The SMILES string of the molecule is CCS(=O)(=O)NC1CCC(ONc2ccc(-n3cccc3)c(C#N)c2)CC1. The van der Waals surface area contributed by atoms with Crippen LogP contribution in [0.5, 0.6) is 0 Å². The first kappa shape index (κ1) is 19.4. The molecule has 7 nitrogen and oxygen atoms in total. The van der Waals surface area contributed by atoms with Gasteiger partial charge < -0.3 is 4.57 Å². The van der Waals surface area contributed by atoms with E-state index in [1.807, 2.05) is 41.2 Å². The van der Waals surface area contributed by atoms with Gasteiger partial charge in [-0.2, -0.15) is 5.26 Å². The van der Waals surface area contributed by atoms with Crippen LogP contribution < -0.4 is 10.2 Å². The van der Waals surface area contributed by atoms with Crippen LogP contribution in [0, 0.1) is 11.3 Å². The molecule has 2 aromatic rings. The predicted molar refractivity (Wildman–Crippen MR) is 104 cm³/mol. The lowest BCUT2D eigenvalue weighted by molar-refractivity contribution is 0.0626. The Morgan fingerprint density at radius 3 is 2.56 bits per heavy atom. The summed E-state index contributed by atoms with van der Waals surface area (Å²) in [4.78, 5) is 5.76. The van der Waals surface area contributed by atoms with Gasteiger partial charge in [-0.05, 0) is 62.9 Å². The Morgan fingerprint density at radius 2 is 1.93 bits per heavy atom. The second-order valence-corrected chi connectivity index (χ2v) is 8.69. The zero-order valence-corrected chi connectivity index (χ0v) is 16.1. The van der Waals surface area contributed by atoms with E-state index < -0.39 is 10.0 Å². The number of aromatic nitrogens is 1. The molecule has 2 N–H and O–H groups in total. The molecule has 0 atom stereocenters. The minimum Gasteiger partial charge on any atom is -0.323 e. The van der Waals surface area contributed by atoms with Crippen LogP contribution in [0.15, 0.2) is 42.7 Å². The highest BCUT2D eigenvalue weighted by Crippen LogP contribution is 2.24. The van der Waals surface area contributed by atoms with Crippen molar-refractivity contribution in [1.82, 2.24) is 9.29 Å². The number of anilines is 1. The average Bonchev–Trinajstić information content (AvgIpc) is 3.21. The van der Waals surface area contributed by atoms with Crippen molar-refractivity contribution in [2.24, 2.45) is 0 Å². The maximum Gasteiger partial charge on any atom is 0.211 e. The fraction of sp³-hybridized carbons (Fsp3) is 0.421. The summed E-state index contributed by atoms with van der Waals surface area (Å²) < 4.78 is 27.9. The molecule has 1 aromatic heterocycles.